The minimum absolute atomic E-state index is 0.0244. The van der Waals surface area contributed by atoms with Crippen molar-refractivity contribution in [2.75, 3.05) is 24.3 Å². The highest BCUT2D eigenvalue weighted by molar-refractivity contribution is 7.89. The van der Waals surface area contributed by atoms with Gasteiger partial charge in [0.25, 0.3) is 11.2 Å². The quantitative estimate of drug-likeness (QED) is 0.177. The summed E-state index contributed by atoms with van der Waals surface area (Å²) in [7, 11) is -0.981. The van der Waals surface area contributed by atoms with Gasteiger partial charge in [-0.15, -0.1) is 0 Å². The Bertz CT molecular complexity index is 1740. The molecule has 1 amide bonds. The molecular formula is C23H18Cl2N6O6S. The second-order valence-electron chi connectivity index (χ2n) is 8.04. The number of halogens is 2. The molecule has 0 aliphatic carbocycles. The predicted molar refractivity (Wildman–Crippen MR) is 144 cm³/mol. The van der Waals surface area contributed by atoms with E-state index < -0.39 is 26.2 Å². The number of nitro benzene ring substituents is 1. The molecule has 196 valence electrons. The largest absolute Gasteiger partial charge is 0.326 e. The fourth-order valence-corrected chi connectivity index (χ4v) is 4.71. The SMILES string of the molecule is CN(C)S(=O)(=O)c1ccc(N(C=O)c2cc([N+](=O)[O-])cc3c(=O)[nH]c(Nc4ccc(Cl)c(Cl)c4)nc23)cc1. The molecule has 0 radical (unpaired) electrons. The molecule has 0 saturated heterocycles. The molecule has 0 fully saturated rings. The fourth-order valence-electron chi connectivity index (χ4n) is 3.51. The number of sulfonamides is 1. The Labute approximate surface area is 225 Å². The van der Waals surface area contributed by atoms with Gasteiger partial charge in [0, 0.05) is 37.6 Å². The van der Waals surface area contributed by atoms with E-state index >= 15 is 0 Å². The third-order valence-electron chi connectivity index (χ3n) is 5.43. The summed E-state index contributed by atoms with van der Waals surface area (Å²) in [5, 5.41) is 14.9. The summed E-state index contributed by atoms with van der Waals surface area (Å²) in [6.45, 7) is 0. The third kappa shape index (κ3) is 5.17. The van der Waals surface area contributed by atoms with Gasteiger partial charge in [-0.2, -0.15) is 0 Å². The number of nitrogens with one attached hydrogen (secondary N) is 2. The molecule has 0 atom stereocenters. The lowest BCUT2D eigenvalue weighted by Gasteiger charge is -2.20. The second kappa shape index (κ2) is 10.4. The monoisotopic (exact) mass is 576 g/mol. The van der Waals surface area contributed by atoms with E-state index in [0.717, 1.165) is 21.3 Å². The normalized spacial score (nSPS) is 11.5. The Kier molecular flexibility index (Phi) is 7.37. The maximum absolute atomic E-state index is 12.9. The van der Waals surface area contributed by atoms with Crippen LogP contribution in [0.15, 0.2) is 64.3 Å². The first-order valence-electron chi connectivity index (χ1n) is 10.6. The number of hydrogen-bond acceptors (Lipinski definition) is 8. The van der Waals surface area contributed by atoms with Crippen LogP contribution < -0.4 is 15.8 Å². The van der Waals surface area contributed by atoms with E-state index in [1.807, 2.05) is 0 Å². The van der Waals surface area contributed by atoms with Crippen molar-refractivity contribution >= 4 is 79.2 Å². The zero-order valence-electron chi connectivity index (χ0n) is 19.7. The van der Waals surface area contributed by atoms with Gasteiger partial charge in [0.05, 0.1) is 30.9 Å². The van der Waals surface area contributed by atoms with Crippen molar-refractivity contribution in [2.24, 2.45) is 0 Å². The number of nitrogens with zero attached hydrogens (tertiary/aromatic N) is 4. The number of hydrogen-bond donors (Lipinski definition) is 2. The minimum atomic E-state index is -3.74. The molecule has 0 bridgehead atoms. The average Bonchev–Trinajstić information content (AvgIpc) is 2.87. The third-order valence-corrected chi connectivity index (χ3v) is 7.99. The summed E-state index contributed by atoms with van der Waals surface area (Å²) >= 11 is 12.0. The first kappa shape index (κ1) is 27.0. The topological polar surface area (TPSA) is 159 Å². The number of nitro groups is 1. The molecule has 12 nitrogen and oxygen atoms in total. The molecule has 3 aromatic carbocycles. The van der Waals surface area contributed by atoms with E-state index in [1.165, 1.54) is 50.5 Å². The Balaban J connectivity index is 1.88. The van der Waals surface area contributed by atoms with Gasteiger partial charge >= 0.3 is 0 Å². The zero-order chi connectivity index (χ0) is 27.8. The number of anilines is 4. The number of H-pyrrole nitrogens is 1. The van der Waals surface area contributed by atoms with E-state index in [9.17, 15) is 28.1 Å². The van der Waals surface area contributed by atoms with Crippen LogP contribution in [0, 0.1) is 10.1 Å². The first-order valence-corrected chi connectivity index (χ1v) is 12.8. The molecular weight excluding hydrogens is 559 g/mol. The molecule has 4 rings (SSSR count). The Morgan fingerprint density at radius 3 is 2.32 bits per heavy atom. The van der Waals surface area contributed by atoms with Crippen LogP contribution in [0.25, 0.3) is 10.9 Å². The van der Waals surface area contributed by atoms with E-state index in [2.05, 4.69) is 15.3 Å². The highest BCUT2D eigenvalue weighted by Crippen LogP contribution is 2.34. The molecule has 0 aliphatic heterocycles. The van der Waals surface area contributed by atoms with Crippen molar-refractivity contribution < 1.29 is 18.1 Å². The van der Waals surface area contributed by atoms with Crippen molar-refractivity contribution in [2.45, 2.75) is 4.90 Å². The fraction of sp³-hybridized carbons (Fsp3) is 0.0870. The average molecular weight is 577 g/mol. The summed E-state index contributed by atoms with van der Waals surface area (Å²) < 4.78 is 25.9. The number of carbonyl (C=O) groups is 1. The molecule has 2 N–H and O–H groups in total. The molecule has 1 heterocycles. The van der Waals surface area contributed by atoms with Gasteiger partial charge in [0.15, 0.2) is 0 Å². The maximum Gasteiger partial charge on any atom is 0.272 e. The number of aromatic amines is 1. The van der Waals surface area contributed by atoms with Crippen LogP contribution in [-0.4, -0.2) is 48.1 Å². The van der Waals surface area contributed by atoms with Gasteiger partial charge in [0.2, 0.25) is 22.4 Å². The van der Waals surface area contributed by atoms with Crippen molar-refractivity contribution in [1.82, 2.24) is 14.3 Å². The summed E-state index contributed by atoms with van der Waals surface area (Å²) in [6, 6.07) is 12.1. The van der Waals surface area contributed by atoms with Crippen LogP contribution in [-0.2, 0) is 14.8 Å². The molecule has 0 spiro atoms. The predicted octanol–water partition coefficient (Wildman–Crippen LogP) is 4.43. The van der Waals surface area contributed by atoms with Crippen molar-refractivity contribution in [1.29, 1.82) is 0 Å². The summed E-state index contributed by atoms with van der Waals surface area (Å²) in [5.41, 5.74) is -0.644. The van der Waals surface area contributed by atoms with Crippen molar-refractivity contribution in [3.8, 4) is 0 Å². The molecule has 0 unspecified atom stereocenters. The summed E-state index contributed by atoms with van der Waals surface area (Å²) in [5.74, 6) is -0.0331. The van der Waals surface area contributed by atoms with Crippen LogP contribution in [0.3, 0.4) is 0 Å². The number of carbonyl (C=O) groups excluding carboxylic acids is 1. The highest BCUT2D eigenvalue weighted by Gasteiger charge is 2.23. The van der Waals surface area contributed by atoms with Gasteiger partial charge in [-0.25, -0.2) is 17.7 Å². The van der Waals surface area contributed by atoms with Crippen molar-refractivity contribution in [3.05, 3.63) is 85.1 Å². The van der Waals surface area contributed by atoms with E-state index in [4.69, 9.17) is 23.2 Å². The Morgan fingerprint density at radius 2 is 1.74 bits per heavy atom. The number of non-ortho nitro benzene ring substituents is 1. The molecule has 15 heteroatoms. The van der Waals surface area contributed by atoms with Crippen LogP contribution in [0.1, 0.15) is 0 Å². The van der Waals surface area contributed by atoms with E-state index in [-0.39, 0.29) is 38.1 Å². The maximum atomic E-state index is 12.9. The van der Waals surface area contributed by atoms with Crippen LogP contribution in [0.4, 0.5) is 28.7 Å². The van der Waals surface area contributed by atoms with Crippen molar-refractivity contribution in [3.63, 3.8) is 0 Å². The van der Waals surface area contributed by atoms with Crippen LogP contribution in [0.2, 0.25) is 10.0 Å². The molecule has 0 saturated carbocycles. The van der Waals surface area contributed by atoms with Gasteiger partial charge in [-0.1, -0.05) is 23.2 Å². The minimum Gasteiger partial charge on any atom is -0.326 e. The second-order valence-corrected chi connectivity index (χ2v) is 11.0. The Morgan fingerprint density at radius 1 is 1.05 bits per heavy atom. The van der Waals surface area contributed by atoms with Gasteiger partial charge in [0.1, 0.15) is 5.52 Å². The van der Waals surface area contributed by atoms with E-state index in [0.29, 0.717) is 17.1 Å². The molecule has 4 aromatic rings. The van der Waals surface area contributed by atoms with E-state index in [1.54, 1.807) is 6.07 Å². The zero-order valence-corrected chi connectivity index (χ0v) is 22.0. The van der Waals surface area contributed by atoms with Gasteiger partial charge in [-0.05, 0) is 42.5 Å². The highest BCUT2D eigenvalue weighted by atomic mass is 35.5. The number of benzene rings is 3. The Hall–Kier alpha value is -4.04. The lowest BCUT2D eigenvalue weighted by Crippen LogP contribution is -2.22. The lowest BCUT2D eigenvalue weighted by atomic mass is 10.1. The molecule has 0 aliphatic rings. The number of fused-ring (bicyclic) bond motifs is 1. The standard InChI is InChI=1S/C23H18Cl2N6O6S/c1-29(2)38(36,37)16-6-4-14(5-7-16)30(12-32)20-11-15(31(34)35)10-17-21(20)27-23(28-22(17)33)26-13-3-8-18(24)19(25)9-13/h3-12H,1-2H3,(H2,26,27,28,33). The number of amides is 1. The summed E-state index contributed by atoms with van der Waals surface area (Å²) in [6.07, 6.45) is 0.378. The van der Waals surface area contributed by atoms with Gasteiger partial charge in [-0.3, -0.25) is 29.6 Å². The molecule has 38 heavy (non-hydrogen) atoms. The first-order chi connectivity index (χ1) is 17.9. The smallest absolute Gasteiger partial charge is 0.272 e. The van der Waals surface area contributed by atoms with Crippen LogP contribution >= 0.6 is 23.2 Å². The van der Waals surface area contributed by atoms with Crippen LogP contribution in [0.5, 0.6) is 0 Å². The van der Waals surface area contributed by atoms with Gasteiger partial charge < -0.3 is 5.32 Å². The molecule has 1 aromatic heterocycles. The summed E-state index contributed by atoms with van der Waals surface area (Å²) in [4.78, 5) is 43.9. The number of aromatic nitrogens is 2. The number of rotatable bonds is 8. The lowest BCUT2D eigenvalue weighted by molar-refractivity contribution is -0.384.